The fourth-order valence-corrected chi connectivity index (χ4v) is 1.04. The van der Waals surface area contributed by atoms with E-state index in [4.69, 9.17) is 0 Å². The third-order valence-electron chi connectivity index (χ3n) is 1.68. The van der Waals surface area contributed by atoms with E-state index in [-0.39, 0.29) is 11.6 Å². The Bertz CT molecular complexity index is 332. The van der Waals surface area contributed by atoms with E-state index < -0.39 is 12.0 Å². The van der Waals surface area contributed by atoms with Crippen molar-refractivity contribution in [2.24, 2.45) is 0 Å². The van der Waals surface area contributed by atoms with E-state index in [0.29, 0.717) is 5.56 Å². The average molecular weight is 204 g/mol. The van der Waals surface area contributed by atoms with Crippen molar-refractivity contribution < 1.29 is 17.6 Å². The van der Waals surface area contributed by atoms with Crippen LogP contribution in [0, 0.1) is 5.82 Å². The van der Waals surface area contributed by atoms with Gasteiger partial charge >= 0.3 is 6.18 Å². The summed E-state index contributed by atoms with van der Waals surface area (Å²) in [4.78, 5) is 0. The largest absolute Gasteiger partial charge is 0.410 e. The fourth-order valence-electron chi connectivity index (χ4n) is 1.04. The Morgan fingerprint density at radius 1 is 1.14 bits per heavy atom. The average Bonchev–Trinajstić information content (AvgIpc) is 2.02. The summed E-state index contributed by atoms with van der Waals surface area (Å²) in [6.07, 6.45) is -4.14. The van der Waals surface area contributed by atoms with Gasteiger partial charge in [0.25, 0.3) is 0 Å². The van der Waals surface area contributed by atoms with E-state index >= 15 is 0 Å². The van der Waals surface area contributed by atoms with Crippen molar-refractivity contribution in [1.29, 1.82) is 0 Å². The highest BCUT2D eigenvalue weighted by Gasteiger charge is 2.23. The lowest BCUT2D eigenvalue weighted by molar-refractivity contribution is -0.0793. The molecule has 0 nitrogen and oxygen atoms in total. The van der Waals surface area contributed by atoms with Crippen molar-refractivity contribution in [3.05, 3.63) is 41.7 Å². The smallest absolute Gasteiger partial charge is 0.207 e. The first-order valence-corrected chi connectivity index (χ1v) is 3.90. The van der Waals surface area contributed by atoms with Crippen LogP contribution in [0.1, 0.15) is 12.5 Å². The van der Waals surface area contributed by atoms with Crippen molar-refractivity contribution in [1.82, 2.24) is 0 Å². The molecular weight excluding hydrogens is 196 g/mol. The molecule has 0 N–H and O–H groups in total. The van der Waals surface area contributed by atoms with Crippen LogP contribution in [0.2, 0.25) is 0 Å². The van der Waals surface area contributed by atoms with Gasteiger partial charge in [-0.15, -0.1) is 0 Å². The molecule has 1 aromatic rings. The second-order valence-corrected chi connectivity index (χ2v) is 2.88. The molecule has 0 amide bonds. The van der Waals surface area contributed by atoms with E-state index in [9.17, 15) is 17.6 Å². The number of benzene rings is 1. The summed E-state index contributed by atoms with van der Waals surface area (Å²) in [7, 11) is 0. The Hall–Kier alpha value is -1.32. The zero-order chi connectivity index (χ0) is 10.8. The molecule has 0 saturated carbocycles. The molecule has 1 rings (SSSR count). The first kappa shape index (κ1) is 10.8. The number of allylic oxidation sites excluding steroid dienone is 2. The van der Waals surface area contributed by atoms with Crippen molar-refractivity contribution in [2.45, 2.75) is 13.1 Å². The maximum absolute atomic E-state index is 12.4. The molecule has 0 atom stereocenters. The molecule has 0 bridgehead atoms. The van der Waals surface area contributed by atoms with Gasteiger partial charge in [0.2, 0.25) is 0 Å². The van der Waals surface area contributed by atoms with Gasteiger partial charge in [0.05, 0.1) is 0 Å². The Morgan fingerprint density at radius 2 is 1.64 bits per heavy atom. The Kier molecular flexibility index (Phi) is 2.93. The van der Waals surface area contributed by atoms with Crippen LogP contribution in [0.15, 0.2) is 30.3 Å². The van der Waals surface area contributed by atoms with E-state index in [0.717, 1.165) is 12.1 Å². The molecule has 1 aromatic carbocycles. The Morgan fingerprint density at radius 3 is 2.07 bits per heavy atom. The third kappa shape index (κ3) is 3.20. The van der Waals surface area contributed by atoms with Gasteiger partial charge < -0.3 is 0 Å². The number of halogens is 4. The topological polar surface area (TPSA) is 0 Å². The normalized spacial score (nSPS) is 13.1. The predicted octanol–water partition coefficient (Wildman–Crippen LogP) is 3.79. The van der Waals surface area contributed by atoms with Crippen molar-refractivity contribution in [3.63, 3.8) is 0 Å². The molecular formula is C10H8F4. The molecule has 0 fully saturated rings. The van der Waals surface area contributed by atoms with Gasteiger partial charge in [-0.3, -0.25) is 0 Å². The van der Waals surface area contributed by atoms with Crippen molar-refractivity contribution in [3.8, 4) is 0 Å². The van der Waals surface area contributed by atoms with E-state index in [2.05, 4.69) is 0 Å². The van der Waals surface area contributed by atoms with E-state index in [1.54, 1.807) is 0 Å². The maximum Gasteiger partial charge on any atom is 0.410 e. The highest BCUT2D eigenvalue weighted by Crippen LogP contribution is 2.23. The van der Waals surface area contributed by atoms with E-state index in [1.807, 2.05) is 0 Å². The molecule has 0 heterocycles. The molecule has 0 radical (unpaired) electrons. The van der Waals surface area contributed by atoms with Gasteiger partial charge in [-0.05, 0) is 30.2 Å². The van der Waals surface area contributed by atoms with Crippen LogP contribution in [0.5, 0.6) is 0 Å². The summed E-state index contributed by atoms with van der Waals surface area (Å²) < 4.78 is 48.2. The predicted molar refractivity (Wildman–Crippen MR) is 46.1 cm³/mol. The molecule has 0 aliphatic rings. The van der Waals surface area contributed by atoms with Crippen LogP contribution in [0.3, 0.4) is 0 Å². The Balaban J connectivity index is 2.95. The first-order chi connectivity index (χ1) is 6.38. The third-order valence-corrected chi connectivity index (χ3v) is 1.68. The van der Waals surface area contributed by atoms with Crippen molar-refractivity contribution in [2.75, 3.05) is 0 Å². The number of hydrogen-bond donors (Lipinski definition) is 0. The molecule has 0 aromatic heterocycles. The summed E-state index contributed by atoms with van der Waals surface area (Å²) in [5.41, 5.74) is 0.432. The number of hydrogen-bond acceptors (Lipinski definition) is 0. The fraction of sp³-hybridized carbons (Fsp3) is 0.200. The molecule has 0 aliphatic heterocycles. The molecule has 0 spiro atoms. The molecule has 4 heteroatoms. The van der Waals surface area contributed by atoms with Gasteiger partial charge in [-0.25, -0.2) is 4.39 Å². The van der Waals surface area contributed by atoms with Crippen molar-refractivity contribution >= 4 is 5.57 Å². The quantitative estimate of drug-likeness (QED) is 0.610. The van der Waals surface area contributed by atoms with Crippen LogP contribution in [-0.2, 0) is 0 Å². The highest BCUT2D eigenvalue weighted by atomic mass is 19.4. The van der Waals surface area contributed by atoms with Crippen LogP contribution >= 0.6 is 0 Å². The molecule has 0 unspecified atom stereocenters. The molecule has 76 valence electrons. The molecule has 14 heavy (non-hydrogen) atoms. The first-order valence-electron chi connectivity index (χ1n) is 3.90. The van der Waals surface area contributed by atoms with Gasteiger partial charge in [-0.1, -0.05) is 12.1 Å². The van der Waals surface area contributed by atoms with Gasteiger partial charge in [0.1, 0.15) is 5.82 Å². The Labute approximate surface area is 78.9 Å². The number of rotatable bonds is 1. The second-order valence-electron chi connectivity index (χ2n) is 2.88. The minimum Gasteiger partial charge on any atom is -0.207 e. The van der Waals surface area contributed by atoms with Crippen LogP contribution in [-0.4, -0.2) is 6.18 Å². The highest BCUT2D eigenvalue weighted by molar-refractivity contribution is 5.64. The lowest BCUT2D eigenvalue weighted by Gasteiger charge is -2.04. The minimum absolute atomic E-state index is 0.0671. The molecule has 0 aliphatic carbocycles. The van der Waals surface area contributed by atoms with Crippen LogP contribution in [0.4, 0.5) is 17.6 Å². The van der Waals surface area contributed by atoms with E-state index in [1.165, 1.54) is 19.1 Å². The minimum atomic E-state index is -4.33. The standard InChI is InChI=1S/C10H8F4/c1-7(6-10(12,13)14)8-2-4-9(11)5-3-8/h2-6H,1H3/b7-6+. The summed E-state index contributed by atoms with van der Waals surface area (Å²) in [6, 6.07) is 4.88. The number of alkyl halides is 3. The monoisotopic (exact) mass is 204 g/mol. The molecule has 0 saturated heterocycles. The maximum atomic E-state index is 12.4. The SMILES string of the molecule is C/C(=C\C(F)(F)F)c1ccc(F)cc1. The summed E-state index contributed by atoms with van der Waals surface area (Å²) in [6.45, 7) is 1.33. The van der Waals surface area contributed by atoms with Gasteiger partial charge in [0.15, 0.2) is 0 Å². The van der Waals surface area contributed by atoms with Gasteiger partial charge in [0, 0.05) is 6.08 Å². The summed E-state index contributed by atoms with van der Waals surface area (Å²) >= 11 is 0. The van der Waals surface area contributed by atoms with Crippen LogP contribution in [0.25, 0.3) is 5.57 Å². The lowest BCUT2D eigenvalue weighted by Crippen LogP contribution is -2.02. The second kappa shape index (κ2) is 3.82. The summed E-state index contributed by atoms with van der Waals surface area (Å²) in [5.74, 6) is -0.464. The lowest BCUT2D eigenvalue weighted by atomic mass is 10.1. The van der Waals surface area contributed by atoms with Crippen LogP contribution < -0.4 is 0 Å². The summed E-state index contributed by atoms with van der Waals surface area (Å²) in [5, 5.41) is 0. The zero-order valence-electron chi connectivity index (χ0n) is 7.40. The zero-order valence-corrected chi connectivity index (χ0v) is 7.40. The van der Waals surface area contributed by atoms with Gasteiger partial charge in [-0.2, -0.15) is 13.2 Å².